The van der Waals surface area contributed by atoms with Gasteiger partial charge in [0.1, 0.15) is 22.8 Å². The Kier molecular flexibility index (Phi) is 4.69. The summed E-state index contributed by atoms with van der Waals surface area (Å²) in [5.74, 6) is 0.966. The molecule has 2 aromatic carbocycles. The van der Waals surface area contributed by atoms with Crippen molar-refractivity contribution in [3.05, 3.63) is 65.4 Å². The van der Waals surface area contributed by atoms with Crippen molar-refractivity contribution in [2.75, 3.05) is 5.73 Å². The molecule has 2 N–H and O–H groups in total. The number of anilines is 1. The van der Waals surface area contributed by atoms with Crippen LogP contribution < -0.4 is 10.5 Å². The molecule has 1 aromatic heterocycles. The number of benzene rings is 2. The number of ether oxygens (including phenoxy) is 1. The molecule has 0 aliphatic rings. The third-order valence-corrected chi connectivity index (χ3v) is 4.56. The van der Waals surface area contributed by atoms with Gasteiger partial charge in [-0.1, -0.05) is 41.6 Å². The molecule has 23 heavy (non-hydrogen) atoms. The minimum absolute atomic E-state index is 0.333. The average Bonchev–Trinajstić information content (AvgIpc) is 2.56. The normalized spacial score (nSPS) is 10.5. The van der Waals surface area contributed by atoms with E-state index in [9.17, 15) is 0 Å². The summed E-state index contributed by atoms with van der Waals surface area (Å²) in [6, 6.07) is 15.3. The second-order valence-corrected chi connectivity index (χ2v) is 6.30. The van der Waals surface area contributed by atoms with Gasteiger partial charge < -0.3 is 10.5 Å². The van der Waals surface area contributed by atoms with E-state index in [1.54, 1.807) is 12.1 Å². The first-order valence-electron chi connectivity index (χ1n) is 6.91. The molecule has 6 heteroatoms. The van der Waals surface area contributed by atoms with Crippen LogP contribution in [0.2, 0.25) is 5.02 Å². The van der Waals surface area contributed by atoms with Crippen molar-refractivity contribution >= 4 is 29.1 Å². The molecule has 0 saturated heterocycles. The fraction of sp³-hybridized carbons (Fsp3) is 0.0588. The maximum Gasteiger partial charge on any atom is 0.247 e. The molecule has 0 atom stereocenters. The van der Waals surface area contributed by atoms with Gasteiger partial charge in [0.15, 0.2) is 0 Å². The molecule has 0 bridgehead atoms. The highest BCUT2D eigenvalue weighted by Gasteiger charge is 2.12. The number of halogens is 1. The molecular weight excluding hydrogens is 330 g/mol. The Balaban J connectivity index is 1.86. The van der Waals surface area contributed by atoms with Gasteiger partial charge in [-0.3, -0.25) is 0 Å². The summed E-state index contributed by atoms with van der Waals surface area (Å²) in [6.45, 7) is 1.91. The second kappa shape index (κ2) is 6.89. The fourth-order valence-electron chi connectivity index (χ4n) is 1.92. The number of hydrogen-bond donors (Lipinski definition) is 1. The summed E-state index contributed by atoms with van der Waals surface area (Å²) in [5, 5.41) is 1.35. The van der Waals surface area contributed by atoms with E-state index in [-0.39, 0.29) is 0 Å². The van der Waals surface area contributed by atoms with Crippen molar-refractivity contribution < 1.29 is 4.74 Å². The molecule has 3 aromatic rings. The molecule has 0 aliphatic heterocycles. The number of aryl methyl sites for hydroxylation is 1. The van der Waals surface area contributed by atoms with Crippen LogP contribution in [0.3, 0.4) is 0 Å². The predicted molar refractivity (Wildman–Crippen MR) is 93.3 cm³/mol. The van der Waals surface area contributed by atoms with Crippen molar-refractivity contribution in [1.82, 2.24) is 9.97 Å². The van der Waals surface area contributed by atoms with Gasteiger partial charge in [0.05, 0.1) is 0 Å². The Bertz CT molecular complexity index is 827. The van der Waals surface area contributed by atoms with E-state index in [2.05, 4.69) is 9.97 Å². The van der Waals surface area contributed by atoms with Gasteiger partial charge in [-0.25, -0.2) is 4.98 Å². The molecule has 0 radical (unpaired) electrons. The van der Waals surface area contributed by atoms with Crippen LogP contribution in [0.15, 0.2) is 64.8 Å². The summed E-state index contributed by atoms with van der Waals surface area (Å²) in [5.41, 5.74) is 7.49. The Morgan fingerprint density at radius 3 is 2.61 bits per heavy atom. The van der Waals surface area contributed by atoms with Gasteiger partial charge >= 0.3 is 0 Å². The maximum atomic E-state index is 6.15. The molecule has 0 aliphatic carbocycles. The zero-order valence-electron chi connectivity index (χ0n) is 12.4. The molecule has 4 nitrogen and oxygen atoms in total. The van der Waals surface area contributed by atoms with Crippen LogP contribution in [0.1, 0.15) is 5.56 Å². The number of nitrogen functional groups attached to an aromatic ring is 1. The lowest BCUT2D eigenvalue weighted by molar-refractivity contribution is 0.462. The van der Waals surface area contributed by atoms with Gasteiger partial charge in [-0.15, -0.1) is 0 Å². The molecule has 1 heterocycles. The van der Waals surface area contributed by atoms with Crippen molar-refractivity contribution in [2.24, 2.45) is 0 Å². The first-order chi connectivity index (χ1) is 11.1. The Hall–Kier alpha value is -2.24. The van der Waals surface area contributed by atoms with Crippen LogP contribution in [-0.2, 0) is 0 Å². The molecule has 3 rings (SSSR count). The SMILES string of the molecule is Cc1cc(Oc2ncnc(Sc3ccccc3)c2N)ccc1Cl. The number of aromatic nitrogens is 2. The van der Waals surface area contributed by atoms with Crippen LogP contribution in [-0.4, -0.2) is 9.97 Å². The first kappa shape index (κ1) is 15.6. The van der Waals surface area contributed by atoms with Gasteiger partial charge in [-0.05, 0) is 42.8 Å². The van der Waals surface area contributed by atoms with Crippen molar-refractivity contribution in [1.29, 1.82) is 0 Å². The van der Waals surface area contributed by atoms with Crippen LogP contribution in [0, 0.1) is 6.92 Å². The Labute approximate surface area is 143 Å². The quantitative estimate of drug-likeness (QED) is 0.678. The molecule has 116 valence electrons. The maximum absolute atomic E-state index is 6.15. The minimum Gasteiger partial charge on any atom is -0.437 e. The Morgan fingerprint density at radius 2 is 1.87 bits per heavy atom. The third-order valence-electron chi connectivity index (χ3n) is 3.11. The predicted octanol–water partition coefficient (Wildman–Crippen LogP) is 4.96. The highest BCUT2D eigenvalue weighted by atomic mass is 35.5. The van der Waals surface area contributed by atoms with E-state index in [0.717, 1.165) is 10.5 Å². The summed E-state index contributed by atoms with van der Waals surface area (Å²) in [4.78, 5) is 9.40. The fourth-order valence-corrected chi connectivity index (χ4v) is 2.85. The zero-order chi connectivity index (χ0) is 16.2. The van der Waals surface area contributed by atoms with Crippen LogP contribution >= 0.6 is 23.4 Å². The molecule has 0 unspecified atom stereocenters. The Morgan fingerprint density at radius 1 is 1.09 bits per heavy atom. The topological polar surface area (TPSA) is 61.0 Å². The largest absolute Gasteiger partial charge is 0.437 e. The van der Waals surface area contributed by atoms with E-state index in [1.807, 2.05) is 43.3 Å². The summed E-state index contributed by atoms with van der Waals surface area (Å²) in [7, 11) is 0. The van der Waals surface area contributed by atoms with Crippen LogP contribution in [0.25, 0.3) is 0 Å². The van der Waals surface area contributed by atoms with Crippen molar-refractivity contribution in [2.45, 2.75) is 16.8 Å². The lowest BCUT2D eigenvalue weighted by Gasteiger charge is -2.10. The summed E-state index contributed by atoms with van der Waals surface area (Å²) >= 11 is 7.49. The number of nitrogens with zero attached hydrogens (tertiary/aromatic N) is 2. The average molecular weight is 344 g/mol. The van der Waals surface area contributed by atoms with Crippen molar-refractivity contribution in [3.8, 4) is 11.6 Å². The minimum atomic E-state index is 0.333. The van der Waals surface area contributed by atoms with Gasteiger partial charge in [0.2, 0.25) is 5.88 Å². The molecule has 0 saturated carbocycles. The third kappa shape index (κ3) is 3.75. The second-order valence-electron chi connectivity index (χ2n) is 4.83. The van der Waals surface area contributed by atoms with Gasteiger partial charge in [0, 0.05) is 9.92 Å². The summed E-state index contributed by atoms with van der Waals surface area (Å²) < 4.78 is 5.78. The monoisotopic (exact) mass is 343 g/mol. The van der Waals surface area contributed by atoms with Gasteiger partial charge in [0.25, 0.3) is 0 Å². The highest BCUT2D eigenvalue weighted by molar-refractivity contribution is 7.99. The van der Waals surface area contributed by atoms with Crippen LogP contribution in [0.4, 0.5) is 5.69 Å². The van der Waals surface area contributed by atoms with Crippen molar-refractivity contribution in [3.63, 3.8) is 0 Å². The van der Waals surface area contributed by atoms with E-state index in [4.69, 9.17) is 22.1 Å². The summed E-state index contributed by atoms with van der Waals surface area (Å²) in [6.07, 6.45) is 1.44. The highest BCUT2D eigenvalue weighted by Crippen LogP contribution is 2.35. The van der Waals surface area contributed by atoms with Crippen LogP contribution in [0.5, 0.6) is 11.6 Å². The number of hydrogen-bond acceptors (Lipinski definition) is 5. The van der Waals surface area contributed by atoms with E-state index in [0.29, 0.717) is 27.4 Å². The number of nitrogens with two attached hydrogens (primary N) is 1. The molecule has 0 spiro atoms. The van der Waals surface area contributed by atoms with E-state index in [1.165, 1.54) is 18.1 Å². The number of rotatable bonds is 4. The van der Waals surface area contributed by atoms with E-state index >= 15 is 0 Å². The standard InChI is InChI=1S/C17H14ClN3OS/c1-11-9-12(7-8-14(11)18)22-16-15(19)17(21-10-20-16)23-13-5-3-2-4-6-13/h2-10H,19H2,1H3. The lowest BCUT2D eigenvalue weighted by Crippen LogP contribution is -1.99. The van der Waals surface area contributed by atoms with Gasteiger partial charge in [-0.2, -0.15) is 4.98 Å². The zero-order valence-corrected chi connectivity index (χ0v) is 13.9. The molecule has 0 amide bonds. The molecular formula is C17H14ClN3OS. The van der Waals surface area contributed by atoms with E-state index < -0.39 is 0 Å². The molecule has 0 fully saturated rings. The lowest BCUT2D eigenvalue weighted by atomic mass is 10.2. The smallest absolute Gasteiger partial charge is 0.247 e. The first-order valence-corrected chi connectivity index (χ1v) is 8.10.